The van der Waals surface area contributed by atoms with Crippen LogP contribution in [0.1, 0.15) is 96.8 Å². The summed E-state index contributed by atoms with van der Waals surface area (Å²) >= 11 is 0. The van der Waals surface area contributed by atoms with E-state index in [2.05, 4.69) is 31.0 Å². The average Bonchev–Trinajstić information content (AvgIpc) is 2.66. The second-order valence-electron chi connectivity index (χ2n) is 7.64. The Kier molecular flexibility index (Phi) is 20.7. The van der Waals surface area contributed by atoms with Crippen molar-refractivity contribution in [3.8, 4) is 0 Å². The molecule has 0 atom stereocenters. The Morgan fingerprint density at radius 2 is 1.33 bits per heavy atom. The third-order valence-electron chi connectivity index (χ3n) is 4.89. The summed E-state index contributed by atoms with van der Waals surface area (Å²) in [7, 11) is 2.11. The summed E-state index contributed by atoms with van der Waals surface area (Å²) in [6.45, 7) is 6.28. The number of carbonyl (C=O) groups is 1. The Hall–Kier alpha value is -0.870. The monoisotopic (exact) mass is 383 g/mol. The third-order valence-corrected chi connectivity index (χ3v) is 4.89. The van der Waals surface area contributed by atoms with E-state index in [0.29, 0.717) is 6.42 Å². The van der Waals surface area contributed by atoms with Crippen molar-refractivity contribution in [3.05, 3.63) is 12.2 Å². The van der Waals surface area contributed by atoms with Crippen LogP contribution >= 0.6 is 0 Å². The van der Waals surface area contributed by atoms with Crippen LogP contribution in [0.4, 0.5) is 0 Å². The van der Waals surface area contributed by atoms with Crippen molar-refractivity contribution in [1.29, 1.82) is 0 Å². The van der Waals surface area contributed by atoms with Crippen LogP contribution in [-0.2, 0) is 9.53 Å². The Bertz CT molecular complexity index is 339. The largest absolute Gasteiger partial charge is 0.481 e. The van der Waals surface area contributed by atoms with Gasteiger partial charge < -0.3 is 14.7 Å². The van der Waals surface area contributed by atoms with Crippen LogP contribution < -0.4 is 0 Å². The first-order valence-electron chi connectivity index (χ1n) is 11.3. The van der Waals surface area contributed by atoms with Crippen molar-refractivity contribution < 1.29 is 14.6 Å². The number of nitrogens with zero attached hydrogens (tertiary/aromatic N) is 1. The molecule has 1 saturated heterocycles. The fourth-order valence-electron chi connectivity index (χ4n) is 3.00. The van der Waals surface area contributed by atoms with Crippen LogP contribution in [0.3, 0.4) is 0 Å². The molecular weight excluding hydrogens is 338 g/mol. The number of aliphatic carboxylic acids is 1. The number of hydrogen-bond donors (Lipinski definition) is 1. The van der Waals surface area contributed by atoms with Crippen LogP contribution in [0.15, 0.2) is 12.2 Å². The Labute approximate surface area is 168 Å². The van der Waals surface area contributed by atoms with Gasteiger partial charge in [0, 0.05) is 19.5 Å². The number of carboxylic acid groups (broad SMARTS) is 1. The van der Waals surface area contributed by atoms with Crippen LogP contribution in [0, 0.1) is 0 Å². The molecule has 0 aliphatic carbocycles. The molecule has 0 amide bonds. The fourth-order valence-corrected chi connectivity index (χ4v) is 3.00. The number of allylic oxidation sites excluding steroid dienone is 2. The highest BCUT2D eigenvalue weighted by molar-refractivity contribution is 5.66. The van der Waals surface area contributed by atoms with Gasteiger partial charge in [-0.05, 0) is 39.2 Å². The molecule has 1 fully saturated rings. The van der Waals surface area contributed by atoms with Gasteiger partial charge in [-0.3, -0.25) is 4.79 Å². The maximum absolute atomic E-state index is 10.3. The number of carboxylic acids is 1. The SMILES string of the molecule is CCCCCCCC/C=C\CCCCCCCC(=O)O.CN1CCOCC1. The van der Waals surface area contributed by atoms with E-state index in [9.17, 15) is 4.79 Å². The van der Waals surface area contributed by atoms with E-state index in [1.807, 2.05) is 0 Å². The van der Waals surface area contributed by atoms with Crippen LogP contribution in [-0.4, -0.2) is 49.3 Å². The normalized spacial score (nSPS) is 14.9. The molecular formula is C23H45NO3. The topological polar surface area (TPSA) is 49.8 Å². The van der Waals surface area contributed by atoms with Gasteiger partial charge in [-0.2, -0.15) is 0 Å². The quantitative estimate of drug-likeness (QED) is 0.276. The molecule has 0 unspecified atom stereocenters. The minimum Gasteiger partial charge on any atom is -0.481 e. The summed E-state index contributed by atoms with van der Waals surface area (Å²) in [5.41, 5.74) is 0. The first kappa shape index (κ1) is 26.1. The van der Waals surface area contributed by atoms with Gasteiger partial charge >= 0.3 is 5.97 Å². The molecule has 160 valence electrons. The molecule has 0 bridgehead atoms. The van der Waals surface area contributed by atoms with Gasteiger partial charge in [0.25, 0.3) is 0 Å². The molecule has 0 aromatic rings. The lowest BCUT2D eigenvalue weighted by atomic mass is 10.1. The molecule has 1 heterocycles. The van der Waals surface area contributed by atoms with E-state index in [0.717, 1.165) is 39.1 Å². The first-order chi connectivity index (χ1) is 13.2. The Balaban J connectivity index is 0.000000797. The zero-order chi connectivity index (χ0) is 20.0. The molecule has 0 spiro atoms. The lowest BCUT2D eigenvalue weighted by molar-refractivity contribution is -0.137. The summed E-state index contributed by atoms with van der Waals surface area (Å²) in [5.74, 6) is -0.664. The van der Waals surface area contributed by atoms with Crippen molar-refractivity contribution in [3.63, 3.8) is 0 Å². The summed E-state index contributed by atoms with van der Waals surface area (Å²) in [6, 6.07) is 0. The number of unbranched alkanes of at least 4 members (excludes halogenated alkanes) is 11. The maximum atomic E-state index is 10.3. The summed E-state index contributed by atoms with van der Waals surface area (Å²) < 4.78 is 5.10. The summed E-state index contributed by atoms with van der Waals surface area (Å²) in [6.07, 6.45) is 21.2. The second kappa shape index (κ2) is 21.4. The first-order valence-corrected chi connectivity index (χ1v) is 11.3. The minimum absolute atomic E-state index is 0.332. The molecule has 0 radical (unpaired) electrons. The van der Waals surface area contributed by atoms with Gasteiger partial charge in [0.15, 0.2) is 0 Å². The van der Waals surface area contributed by atoms with Crippen molar-refractivity contribution in [2.75, 3.05) is 33.4 Å². The van der Waals surface area contributed by atoms with Gasteiger partial charge in [0.2, 0.25) is 0 Å². The number of morpholine rings is 1. The number of likely N-dealkylation sites (N-methyl/N-ethyl adjacent to an activating group) is 1. The average molecular weight is 384 g/mol. The molecule has 1 aliphatic heterocycles. The highest BCUT2D eigenvalue weighted by atomic mass is 16.5. The van der Waals surface area contributed by atoms with Crippen LogP contribution in [0.5, 0.6) is 0 Å². The Morgan fingerprint density at radius 1 is 0.852 bits per heavy atom. The third kappa shape index (κ3) is 23.1. The zero-order valence-electron chi connectivity index (χ0n) is 18.1. The van der Waals surface area contributed by atoms with E-state index in [1.165, 1.54) is 70.6 Å². The fraction of sp³-hybridized carbons (Fsp3) is 0.870. The van der Waals surface area contributed by atoms with E-state index >= 15 is 0 Å². The second-order valence-corrected chi connectivity index (χ2v) is 7.64. The highest BCUT2D eigenvalue weighted by Gasteiger charge is 2.02. The lowest BCUT2D eigenvalue weighted by Crippen LogP contribution is -2.32. The molecule has 0 aromatic heterocycles. The standard InChI is InChI=1S/C18H34O2.C5H11NO/c1-2-3-4-5-6-7-8-9-10-11-12-13-14-15-16-17-18(19)20;1-6-2-4-7-5-3-6/h9-10H,2-8,11-17H2,1H3,(H,19,20);2-5H2,1H3/b10-9-;. The minimum atomic E-state index is -0.664. The van der Waals surface area contributed by atoms with Crippen LogP contribution in [0.25, 0.3) is 0 Å². The Morgan fingerprint density at radius 3 is 1.78 bits per heavy atom. The smallest absolute Gasteiger partial charge is 0.303 e. The van der Waals surface area contributed by atoms with Gasteiger partial charge in [0.1, 0.15) is 0 Å². The van der Waals surface area contributed by atoms with Crippen molar-refractivity contribution in [2.24, 2.45) is 0 Å². The van der Waals surface area contributed by atoms with Gasteiger partial charge in [-0.1, -0.05) is 70.4 Å². The molecule has 4 nitrogen and oxygen atoms in total. The highest BCUT2D eigenvalue weighted by Crippen LogP contribution is 2.09. The van der Waals surface area contributed by atoms with Crippen LogP contribution in [0.2, 0.25) is 0 Å². The maximum Gasteiger partial charge on any atom is 0.303 e. The predicted molar refractivity (Wildman–Crippen MR) is 115 cm³/mol. The van der Waals surface area contributed by atoms with E-state index in [4.69, 9.17) is 9.84 Å². The molecule has 1 rings (SSSR count). The van der Waals surface area contributed by atoms with Crippen molar-refractivity contribution in [1.82, 2.24) is 4.90 Å². The number of hydrogen-bond acceptors (Lipinski definition) is 3. The zero-order valence-corrected chi connectivity index (χ0v) is 18.1. The summed E-state index contributed by atoms with van der Waals surface area (Å²) in [4.78, 5) is 12.6. The van der Waals surface area contributed by atoms with Gasteiger partial charge in [0.05, 0.1) is 13.2 Å². The van der Waals surface area contributed by atoms with Crippen molar-refractivity contribution in [2.45, 2.75) is 96.8 Å². The molecule has 1 N–H and O–H groups in total. The predicted octanol–water partition coefficient (Wildman–Crippen LogP) is 6.06. The van der Waals surface area contributed by atoms with E-state index in [-0.39, 0.29) is 0 Å². The molecule has 27 heavy (non-hydrogen) atoms. The number of rotatable bonds is 15. The molecule has 0 saturated carbocycles. The van der Waals surface area contributed by atoms with Crippen molar-refractivity contribution >= 4 is 5.97 Å². The van der Waals surface area contributed by atoms with E-state index < -0.39 is 5.97 Å². The molecule has 1 aliphatic rings. The van der Waals surface area contributed by atoms with Gasteiger partial charge in [-0.25, -0.2) is 0 Å². The van der Waals surface area contributed by atoms with Gasteiger partial charge in [-0.15, -0.1) is 0 Å². The lowest BCUT2D eigenvalue weighted by Gasteiger charge is -2.21. The summed E-state index contributed by atoms with van der Waals surface area (Å²) in [5, 5.41) is 8.51. The molecule has 0 aromatic carbocycles. The molecule has 4 heteroatoms. The van der Waals surface area contributed by atoms with E-state index in [1.54, 1.807) is 0 Å². The number of ether oxygens (including phenoxy) is 1.